The van der Waals surface area contributed by atoms with Gasteiger partial charge in [-0.25, -0.2) is 9.59 Å². The number of aromatic carboxylic acids is 1. The Morgan fingerprint density at radius 3 is 2.42 bits per heavy atom. The Hall–Kier alpha value is -2.83. The van der Waals surface area contributed by atoms with Crippen LogP contribution in [0.2, 0.25) is 0 Å². The molecule has 1 heterocycles. The maximum Gasteiger partial charge on any atom is 0.362 e. The molecule has 2 aromatic rings. The number of ether oxygens (including phenoxy) is 1. The molecule has 98 valence electrons. The van der Waals surface area contributed by atoms with Crippen LogP contribution in [0.3, 0.4) is 0 Å². The highest BCUT2D eigenvalue weighted by molar-refractivity contribution is 5.93. The van der Waals surface area contributed by atoms with Gasteiger partial charge in [0.2, 0.25) is 0 Å². The molecule has 7 heteroatoms. The number of carbonyl (C=O) groups excluding carboxylic acids is 1. The SMILES string of the molecule is Cn1nc(C(=O)O)cc1C(=O)Oc1ccc(O)cc1. The first-order chi connectivity index (χ1) is 8.97. The molecule has 7 nitrogen and oxygen atoms in total. The lowest BCUT2D eigenvalue weighted by Gasteiger charge is -2.03. The van der Waals surface area contributed by atoms with Gasteiger partial charge < -0.3 is 14.9 Å². The normalized spacial score (nSPS) is 10.2. The molecule has 0 saturated heterocycles. The van der Waals surface area contributed by atoms with Crippen molar-refractivity contribution in [3.05, 3.63) is 41.7 Å². The molecular weight excluding hydrogens is 252 g/mol. The second-order valence-corrected chi connectivity index (χ2v) is 3.73. The number of carboxylic acids is 1. The number of hydrogen-bond acceptors (Lipinski definition) is 5. The van der Waals surface area contributed by atoms with Gasteiger partial charge in [0.25, 0.3) is 0 Å². The van der Waals surface area contributed by atoms with Crippen molar-refractivity contribution in [2.75, 3.05) is 0 Å². The van der Waals surface area contributed by atoms with Gasteiger partial charge in [-0.2, -0.15) is 5.10 Å². The number of aryl methyl sites for hydroxylation is 1. The second-order valence-electron chi connectivity index (χ2n) is 3.73. The van der Waals surface area contributed by atoms with Crippen molar-refractivity contribution in [3.63, 3.8) is 0 Å². The molecule has 1 aromatic heterocycles. The zero-order valence-corrected chi connectivity index (χ0v) is 9.90. The number of benzene rings is 1. The van der Waals surface area contributed by atoms with Gasteiger partial charge in [0.1, 0.15) is 17.2 Å². The van der Waals surface area contributed by atoms with Gasteiger partial charge in [0.05, 0.1) is 0 Å². The summed E-state index contributed by atoms with van der Waals surface area (Å²) in [5.74, 6) is -1.66. The second kappa shape index (κ2) is 4.81. The molecule has 0 aliphatic carbocycles. The molecule has 2 rings (SSSR count). The van der Waals surface area contributed by atoms with Crippen LogP contribution in [-0.2, 0) is 7.05 Å². The third-order valence-electron chi connectivity index (χ3n) is 2.36. The summed E-state index contributed by atoms with van der Waals surface area (Å²) in [4.78, 5) is 22.5. The van der Waals surface area contributed by atoms with Gasteiger partial charge in [0.15, 0.2) is 5.69 Å². The summed E-state index contributed by atoms with van der Waals surface area (Å²) in [5.41, 5.74) is -0.217. The fourth-order valence-electron chi connectivity index (χ4n) is 1.44. The van der Waals surface area contributed by atoms with Crippen LogP contribution in [0.15, 0.2) is 30.3 Å². The van der Waals surface area contributed by atoms with E-state index >= 15 is 0 Å². The first kappa shape index (κ1) is 12.6. The Morgan fingerprint density at radius 2 is 1.89 bits per heavy atom. The molecular formula is C12H10N2O5. The van der Waals surface area contributed by atoms with Crippen LogP contribution in [0.25, 0.3) is 0 Å². The van der Waals surface area contributed by atoms with Crippen molar-refractivity contribution in [2.24, 2.45) is 7.05 Å². The number of nitrogens with zero attached hydrogens (tertiary/aromatic N) is 2. The van der Waals surface area contributed by atoms with E-state index in [1.807, 2.05) is 0 Å². The molecule has 0 aliphatic heterocycles. The van der Waals surface area contributed by atoms with Crippen LogP contribution in [0.5, 0.6) is 11.5 Å². The summed E-state index contributed by atoms with van der Waals surface area (Å²) >= 11 is 0. The lowest BCUT2D eigenvalue weighted by molar-refractivity contribution is 0.0687. The van der Waals surface area contributed by atoms with E-state index in [9.17, 15) is 9.59 Å². The Morgan fingerprint density at radius 1 is 1.26 bits per heavy atom. The van der Waals surface area contributed by atoms with E-state index in [1.165, 1.54) is 31.3 Å². The highest BCUT2D eigenvalue weighted by Crippen LogP contribution is 2.17. The van der Waals surface area contributed by atoms with Gasteiger partial charge >= 0.3 is 11.9 Å². The summed E-state index contributed by atoms with van der Waals surface area (Å²) in [6.07, 6.45) is 0. The highest BCUT2D eigenvalue weighted by Gasteiger charge is 2.18. The van der Waals surface area contributed by atoms with Crippen molar-refractivity contribution < 1.29 is 24.5 Å². The Balaban J connectivity index is 2.20. The summed E-state index contributed by atoms with van der Waals surface area (Å²) in [6.45, 7) is 0. The molecule has 0 radical (unpaired) electrons. The number of phenolic OH excluding ortho intramolecular Hbond substituents is 1. The molecule has 0 amide bonds. The lowest BCUT2D eigenvalue weighted by Crippen LogP contribution is -2.13. The molecule has 2 N–H and O–H groups in total. The Bertz CT molecular complexity index is 630. The minimum absolute atomic E-state index is 0.0190. The van der Waals surface area contributed by atoms with Gasteiger partial charge in [-0.15, -0.1) is 0 Å². The summed E-state index contributed by atoms with van der Waals surface area (Å²) in [5, 5.41) is 21.5. The first-order valence-electron chi connectivity index (χ1n) is 5.26. The number of hydrogen-bond donors (Lipinski definition) is 2. The highest BCUT2D eigenvalue weighted by atomic mass is 16.5. The fraction of sp³-hybridized carbons (Fsp3) is 0.0833. The monoisotopic (exact) mass is 262 g/mol. The molecule has 0 atom stereocenters. The van der Waals surface area contributed by atoms with Crippen molar-refractivity contribution in [1.29, 1.82) is 0 Å². The first-order valence-corrected chi connectivity index (χ1v) is 5.26. The van der Waals surface area contributed by atoms with Crippen LogP contribution in [-0.4, -0.2) is 31.9 Å². The van der Waals surface area contributed by atoms with Gasteiger partial charge in [-0.05, 0) is 24.3 Å². The standard InChI is InChI=1S/C12H10N2O5/c1-14-10(6-9(13-14)11(16)17)12(18)19-8-4-2-7(15)3-5-8/h2-6,15H,1H3,(H,16,17). The van der Waals surface area contributed by atoms with Gasteiger partial charge in [-0.3, -0.25) is 4.68 Å². The smallest absolute Gasteiger partial charge is 0.362 e. The van der Waals surface area contributed by atoms with E-state index in [-0.39, 0.29) is 22.9 Å². The summed E-state index contributed by atoms with van der Waals surface area (Å²) < 4.78 is 6.16. The number of aromatic nitrogens is 2. The number of phenols is 1. The quantitative estimate of drug-likeness (QED) is 0.633. The topological polar surface area (TPSA) is 102 Å². The minimum atomic E-state index is -1.22. The van der Waals surface area contributed by atoms with Crippen LogP contribution >= 0.6 is 0 Å². The zero-order chi connectivity index (χ0) is 14.0. The van der Waals surface area contributed by atoms with Crippen molar-refractivity contribution >= 4 is 11.9 Å². The molecule has 0 aliphatic rings. The molecule has 0 spiro atoms. The predicted molar refractivity (Wildman–Crippen MR) is 63.2 cm³/mol. The number of aromatic hydroxyl groups is 1. The maximum atomic E-state index is 11.8. The Kier molecular flexibility index (Phi) is 3.19. The number of carbonyl (C=O) groups is 2. The zero-order valence-electron chi connectivity index (χ0n) is 9.90. The number of rotatable bonds is 3. The van der Waals surface area contributed by atoms with Gasteiger partial charge in [0, 0.05) is 13.1 Å². The average Bonchev–Trinajstić information content (AvgIpc) is 2.74. The minimum Gasteiger partial charge on any atom is -0.508 e. The number of esters is 1. The average molecular weight is 262 g/mol. The third-order valence-corrected chi connectivity index (χ3v) is 2.36. The van der Waals surface area contributed by atoms with Crippen molar-refractivity contribution in [2.45, 2.75) is 0 Å². The molecule has 1 aromatic carbocycles. The fourth-order valence-corrected chi connectivity index (χ4v) is 1.44. The van der Waals surface area contributed by atoms with E-state index in [4.69, 9.17) is 14.9 Å². The van der Waals surface area contributed by atoms with E-state index < -0.39 is 11.9 Å². The van der Waals surface area contributed by atoms with E-state index in [2.05, 4.69) is 5.10 Å². The van der Waals surface area contributed by atoms with E-state index in [0.717, 1.165) is 10.7 Å². The molecule has 0 saturated carbocycles. The predicted octanol–water partition coefficient (Wildman–Crippen LogP) is 1.04. The number of carboxylic acid groups (broad SMARTS) is 1. The van der Waals surface area contributed by atoms with Crippen LogP contribution in [0, 0.1) is 0 Å². The molecule has 19 heavy (non-hydrogen) atoms. The summed E-state index contributed by atoms with van der Waals surface area (Å²) in [7, 11) is 1.44. The van der Waals surface area contributed by atoms with Crippen molar-refractivity contribution in [3.8, 4) is 11.5 Å². The van der Waals surface area contributed by atoms with E-state index in [0.29, 0.717) is 0 Å². The largest absolute Gasteiger partial charge is 0.508 e. The van der Waals surface area contributed by atoms with Crippen molar-refractivity contribution in [1.82, 2.24) is 9.78 Å². The van der Waals surface area contributed by atoms with Crippen LogP contribution in [0.1, 0.15) is 21.0 Å². The molecule has 0 unspecified atom stereocenters. The van der Waals surface area contributed by atoms with E-state index in [1.54, 1.807) is 0 Å². The van der Waals surface area contributed by atoms with Gasteiger partial charge in [-0.1, -0.05) is 0 Å². The maximum absolute atomic E-state index is 11.8. The molecule has 0 bridgehead atoms. The Labute approximate surface area is 107 Å². The van der Waals surface area contributed by atoms with Crippen LogP contribution < -0.4 is 4.74 Å². The van der Waals surface area contributed by atoms with Crippen LogP contribution in [0.4, 0.5) is 0 Å². The molecule has 0 fully saturated rings. The lowest BCUT2D eigenvalue weighted by atomic mass is 10.3. The summed E-state index contributed by atoms with van der Waals surface area (Å²) in [6, 6.07) is 6.71. The third kappa shape index (κ3) is 2.71.